The standard InChI is InChI=1S/C79H154O17P2/c1-9-71(7)57-49-41-33-27-20-16-12-14-18-22-29-35-45-53-61-78(83)95-74(65-89-76(81)59-51-43-34-28-21-17-13-11-15-19-25-31-39-47-55-69(3)4)67-93-97(85,86)91-63-73(80)64-92-98(87,88)94-68-75(66-90-77(82)60-52-44-38-37-42-50-58-72(8)10-2)96-79(84)62-54-46-36-30-24-23-26-32-40-48-56-70(5)6/h69-75,80H,9-68H2,1-8H3,(H,85,86)(H,87,88)/t71?,72?,73-,74-,75-/m1/s1. The molecule has 0 spiro atoms. The molecule has 0 saturated carbocycles. The maximum absolute atomic E-state index is 13.1. The van der Waals surface area contributed by atoms with Gasteiger partial charge in [-0.2, -0.15) is 0 Å². The topological polar surface area (TPSA) is 237 Å². The molecule has 0 aromatic heterocycles. The number of esters is 4. The van der Waals surface area contributed by atoms with Gasteiger partial charge in [-0.05, 0) is 49.4 Å². The van der Waals surface area contributed by atoms with Gasteiger partial charge < -0.3 is 33.8 Å². The molecule has 0 fully saturated rings. The van der Waals surface area contributed by atoms with E-state index in [1.807, 2.05) is 0 Å². The predicted octanol–water partition coefficient (Wildman–Crippen LogP) is 23.2. The van der Waals surface area contributed by atoms with E-state index in [-0.39, 0.29) is 25.7 Å². The molecular formula is C79H154O17P2. The van der Waals surface area contributed by atoms with E-state index in [4.69, 9.17) is 37.0 Å². The lowest BCUT2D eigenvalue weighted by Crippen LogP contribution is -2.30. The molecule has 582 valence electrons. The van der Waals surface area contributed by atoms with Crippen LogP contribution in [0.1, 0.15) is 402 Å². The third-order valence-electron chi connectivity index (χ3n) is 19.0. The third kappa shape index (κ3) is 69.8. The van der Waals surface area contributed by atoms with Crippen LogP contribution in [0.25, 0.3) is 0 Å². The SMILES string of the molecule is CCC(C)CCCCCCCCCCCCCCCCC(=O)O[C@H](COC(=O)CCCCCCCCCCCCCCCCC(C)C)COP(=O)(O)OC[C@@H](O)COP(=O)(O)OC[C@@H](COC(=O)CCCCCCCCC(C)CC)OC(=O)CCCCCCCCCCCCC(C)C. The maximum Gasteiger partial charge on any atom is 0.472 e. The van der Waals surface area contributed by atoms with Gasteiger partial charge in [-0.15, -0.1) is 0 Å². The van der Waals surface area contributed by atoms with Crippen molar-refractivity contribution in [1.29, 1.82) is 0 Å². The lowest BCUT2D eigenvalue weighted by atomic mass is 9.99. The highest BCUT2D eigenvalue weighted by molar-refractivity contribution is 7.47. The number of phosphoric ester groups is 2. The van der Waals surface area contributed by atoms with E-state index in [1.165, 1.54) is 199 Å². The molecule has 7 atom stereocenters. The minimum absolute atomic E-state index is 0.105. The van der Waals surface area contributed by atoms with Crippen LogP contribution in [0, 0.1) is 23.7 Å². The predicted molar refractivity (Wildman–Crippen MR) is 400 cm³/mol. The number of unbranched alkanes of at least 4 members (excludes halogenated alkanes) is 40. The van der Waals surface area contributed by atoms with E-state index in [1.54, 1.807) is 0 Å². The second kappa shape index (κ2) is 68.2. The number of ether oxygens (including phenoxy) is 4. The van der Waals surface area contributed by atoms with Gasteiger partial charge >= 0.3 is 39.5 Å². The van der Waals surface area contributed by atoms with Crippen LogP contribution in [0.5, 0.6) is 0 Å². The fraction of sp³-hybridized carbons (Fsp3) is 0.949. The number of phosphoric acid groups is 2. The summed E-state index contributed by atoms with van der Waals surface area (Å²) in [7, 11) is -9.92. The van der Waals surface area contributed by atoms with Crippen LogP contribution < -0.4 is 0 Å². The minimum atomic E-state index is -4.96. The van der Waals surface area contributed by atoms with Gasteiger partial charge in [0.2, 0.25) is 0 Å². The Morgan fingerprint density at radius 3 is 0.724 bits per heavy atom. The first-order valence-corrected chi connectivity index (χ1v) is 43.8. The molecule has 0 aliphatic rings. The van der Waals surface area contributed by atoms with Crippen molar-refractivity contribution in [3.8, 4) is 0 Å². The molecule has 0 aromatic rings. The van der Waals surface area contributed by atoms with E-state index in [0.717, 1.165) is 120 Å². The number of hydrogen-bond acceptors (Lipinski definition) is 15. The Kier molecular flexibility index (Phi) is 66.8. The molecule has 0 aromatic carbocycles. The summed E-state index contributed by atoms with van der Waals surface area (Å²) in [5, 5.41) is 10.6. The number of carbonyl (C=O) groups excluding carboxylic acids is 4. The van der Waals surface area contributed by atoms with Gasteiger partial charge in [0.15, 0.2) is 12.2 Å². The summed E-state index contributed by atoms with van der Waals surface area (Å²) < 4.78 is 68.6. The van der Waals surface area contributed by atoms with E-state index in [2.05, 4.69) is 55.4 Å². The number of carbonyl (C=O) groups is 4. The van der Waals surface area contributed by atoms with Gasteiger partial charge in [-0.3, -0.25) is 37.3 Å². The first-order valence-electron chi connectivity index (χ1n) is 40.8. The summed E-state index contributed by atoms with van der Waals surface area (Å²) in [5.74, 6) is 1.01. The molecule has 0 saturated heterocycles. The summed E-state index contributed by atoms with van der Waals surface area (Å²) in [6, 6.07) is 0. The first-order chi connectivity index (χ1) is 47.2. The Hall–Kier alpha value is -1.94. The molecule has 0 rings (SSSR count). The fourth-order valence-electron chi connectivity index (χ4n) is 12.0. The number of hydrogen-bond donors (Lipinski definition) is 3. The molecule has 0 bridgehead atoms. The van der Waals surface area contributed by atoms with Crippen LogP contribution in [0.3, 0.4) is 0 Å². The van der Waals surface area contributed by atoms with Crippen molar-refractivity contribution in [3.05, 3.63) is 0 Å². The molecule has 0 aliphatic carbocycles. The van der Waals surface area contributed by atoms with Gasteiger partial charge in [-0.25, -0.2) is 9.13 Å². The average Bonchev–Trinajstić information content (AvgIpc) is 0.950. The molecule has 3 N–H and O–H groups in total. The van der Waals surface area contributed by atoms with E-state index < -0.39 is 97.5 Å². The van der Waals surface area contributed by atoms with Gasteiger partial charge in [0.25, 0.3) is 0 Å². The van der Waals surface area contributed by atoms with Crippen LogP contribution in [-0.4, -0.2) is 96.7 Å². The molecule has 0 heterocycles. The summed E-state index contributed by atoms with van der Waals surface area (Å²) in [6.07, 6.45) is 54.1. The van der Waals surface area contributed by atoms with Crippen LogP contribution in [0.2, 0.25) is 0 Å². The zero-order chi connectivity index (χ0) is 72.4. The van der Waals surface area contributed by atoms with Crippen molar-refractivity contribution in [3.63, 3.8) is 0 Å². The molecule has 0 radical (unpaired) electrons. The number of aliphatic hydroxyl groups excluding tert-OH is 1. The fourth-order valence-corrected chi connectivity index (χ4v) is 13.6. The Bertz CT molecular complexity index is 1920. The number of aliphatic hydroxyl groups is 1. The highest BCUT2D eigenvalue weighted by Crippen LogP contribution is 2.45. The molecule has 19 heteroatoms. The van der Waals surface area contributed by atoms with Gasteiger partial charge in [0.05, 0.1) is 26.4 Å². The van der Waals surface area contributed by atoms with E-state index >= 15 is 0 Å². The second-order valence-electron chi connectivity index (χ2n) is 29.9. The molecule has 98 heavy (non-hydrogen) atoms. The summed E-state index contributed by atoms with van der Waals surface area (Å²) >= 11 is 0. The van der Waals surface area contributed by atoms with Crippen LogP contribution in [-0.2, 0) is 65.4 Å². The van der Waals surface area contributed by atoms with Crippen molar-refractivity contribution in [1.82, 2.24) is 0 Å². The van der Waals surface area contributed by atoms with E-state index in [9.17, 15) is 43.2 Å². The lowest BCUT2D eigenvalue weighted by Gasteiger charge is -2.21. The van der Waals surface area contributed by atoms with Crippen LogP contribution >= 0.6 is 15.6 Å². The van der Waals surface area contributed by atoms with Crippen LogP contribution in [0.4, 0.5) is 0 Å². The number of rotatable bonds is 76. The zero-order valence-electron chi connectivity index (χ0n) is 64.4. The maximum atomic E-state index is 13.1. The van der Waals surface area contributed by atoms with Crippen molar-refractivity contribution >= 4 is 39.5 Å². The minimum Gasteiger partial charge on any atom is -0.462 e. The molecule has 0 aliphatic heterocycles. The molecule has 0 amide bonds. The zero-order valence-corrected chi connectivity index (χ0v) is 66.2. The summed E-state index contributed by atoms with van der Waals surface area (Å²) in [6.45, 7) is 14.3. The van der Waals surface area contributed by atoms with Crippen molar-refractivity contribution in [2.45, 2.75) is 420 Å². The molecular weight excluding hydrogens is 1280 g/mol. The highest BCUT2D eigenvalue weighted by atomic mass is 31.2. The average molecular weight is 1440 g/mol. The summed E-state index contributed by atoms with van der Waals surface area (Å²) in [5.41, 5.74) is 0. The Balaban J connectivity index is 5.25. The van der Waals surface area contributed by atoms with Crippen molar-refractivity contribution < 1.29 is 80.2 Å². The molecule has 4 unspecified atom stereocenters. The normalized spacial score (nSPS) is 14.6. The van der Waals surface area contributed by atoms with Gasteiger partial charge in [0, 0.05) is 25.7 Å². The van der Waals surface area contributed by atoms with Crippen molar-refractivity contribution in [2.24, 2.45) is 23.7 Å². The van der Waals surface area contributed by atoms with Crippen LogP contribution in [0.15, 0.2) is 0 Å². The van der Waals surface area contributed by atoms with Gasteiger partial charge in [-0.1, -0.05) is 351 Å². The summed E-state index contributed by atoms with van der Waals surface area (Å²) in [4.78, 5) is 72.9. The van der Waals surface area contributed by atoms with Gasteiger partial charge in [0.1, 0.15) is 19.3 Å². The highest BCUT2D eigenvalue weighted by Gasteiger charge is 2.30. The Morgan fingerprint density at radius 2 is 0.490 bits per heavy atom. The van der Waals surface area contributed by atoms with Crippen molar-refractivity contribution in [2.75, 3.05) is 39.6 Å². The smallest absolute Gasteiger partial charge is 0.462 e. The molecule has 17 nitrogen and oxygen atoms in total. The largest absolute Gasteiger partial charge is 0.472 e. The second-order valence-corrected chi connectivity index (χ2v) is 32.8. The quantitative estimate of drug-likeness (QED) is 0.0222. The third-order valence-corrected chi connectivity index (χ3v) is 20.9. The monoisotopic (exact) mass is 1440 g/mol. The van der Waals surface area contributed by atoms with E-state index in [0.29, 0.717) is 25.7 Å². The Labute approximate surface area is 600 Å². The lowest BCUT2D eigenvalue weighted by molar-refractivity contribution is -0.161. The Morgan fingerprint density at radius 1 is 0.286 bits per heavy atom. The first kappa shape index (κ1) is 96.1.